The molecule has 4 aliphatic rings. The van der Waals surface area contributed by atoms with Crippen LogP contribution < -0.4 is 9.80 Å². The Labute approximate surface area is 313 Å². The van der Waals surface area contributed by atoms with Gasteiger partial charge in [-0.1, -0.05) is 160 Å². The summed E-state index contributed by atoms with van der Waals surface area (Å²) in [5.74, 6) is 0.604. The van der Waals surface area contributed by atoms with Gasteiger partial charge < -0.3 is 9.80 Å². The number of para-hydroxylation sites is 1. The molecule has 0 radical (unpaired) electrons. The van der Waals surface area contributed by atoms with E-state index in [1.165, 1.54) is 72.5 Å². The fraction of sp³-hybridized carbons (Fsp3) is 0.176. The van der Waals surface area contributed by atoms with E-state index in [-0.39, 0.29) is 22.9 Å². The molecule has 1 aliphatic heterocycles. The molecule has 10 rings (SSSR count). The quantitative estimate of drug-likeness (QED) is 0.178. The highest BCUT2D eigenvalue weighted by Gasteiger charge is 2.47. The van der Waals surface area contributed by atoms with Crippen LogP contribution >= 0.6 is 0 Å². The first-order chi connectivity index (χ1) is 25.8. The molecule has 2 nitrogen and oxygen atoms in total. The summed E-state index contributed by atoms with van der Waals surface area (Å²) >= 11 is 0. The predicted octanol–water partition coefficient (Wildman–Crippen LogP) is 13.1. The van der Waals surface area contributed by atoms with Gasteiger partial charge in [0.1, 0.15) is 0 Å². The molecular formula is C51H44N2. The van der Waals surface area contributed by atoms with Gasteiger partial charge >= 0.3 is 0 Å². The smallest absolute Gasteiger partial charge is 0.0712 e. The highest BCUT2D eigenvalue weighted by molar-refractivity contribution is 5.97. The summed E-state index contributed by atoms with van der Waals surface area (Å²) in [5.41, 5.74) is 14.1. The number of hydrogen-bond donors (Lipinski definition) is 0. The topological polar surface area (TPSA) is 6.48 Å². The lowest BCUT2D eigenvalue weighted by Crippen LogP contribution is -2.42. The minimum Gasteiger partial charge on any atom is -0.333 e. The molecule has 6 aromatic rings. The zero-order valence-corrected chi connectivity index (χ0v) is 30.9. The van der Waals surface area contributed by atoms with Crippen molar-refractivity contribution in [1.29, 1.82) is 0 Å². The Hall–Kier alpha value is -5.86. The van der Waals surface area contributed by atoms with Gasteiger partial charge in [-0.05, 0) is 93.6 Å². The summed E-state index contributed by atoms with van der Waals surface area (Å²) < 4.78 is 0. The van der Waals surface area contributed by atoms with Crippen LogP contribution in [0, 0.1) is 5.92 Å². The highest BCUT2D eigenvalue weighted by Crippen LogP contribution is 2.56. The van der Waals surface area contributed by atoms with Crippen molar-refractivity contribution in [2.75, 3.05) is 9.80 Å². The van der Waals surface area contributed by atoms with Gasteiger partial charge in [-0.25, -0.2) is 0 Å². The van der Waals surface area contributed by atoms with Gasteiger partial charge in [0.05, 0.1) is 11.6 Å². The van der Waals surface area contributed by atoms with Crippen LogP contribution in [0.3, 0.4) is 0 Å². The van der Waals surface area contributed by atoms with Crippen LogP contribution in [0.2, 0.25) is 0 Å². The highest BCUT2D eigenvalue weighted by atomic mass is 15.2. The zero-order chi connectivity index (χ0) is 35.9. The summed E-state index contributed by atoms with van der Waals surface area (Å²) in [6, 6.07) is 49.8. The number of rotatable bonds is 5. The summed E-state index contributed by atoms with van der Waals surface area (Å²) in [7, 11) is 0. The van der Waals surface area contributed by atoms with E-state index in [1.54, 1.807) is 0 Å². The minimum absolute atomic E-state index is 0.145. The summed E-state index contributed by atoms with van der Waals surface area (Å²) in [6.07, 6.45) is 16.4. The van der Waals surface area contributed by atoms with Gasteiger partial charge in [-0.3, -0.25) is 0 Å². The van der Waals surface area contributed by atoms with Crippen molar-refractivity contribution < 1.29 is 0 Å². The molecule has 0 saturated heterocycles. The Kier molecular flexibility index (Phi) is 7.11. The van der Waals surface area contributed by atoms with E-state index in [0.29, 0.717) is 5.92 Å². The van der Waals surface area contributed by atoms with Crippen molar-refractivity contribution in [2.24, 2.45) is 5.92 Å². The SMILES string of the molecule is CC1C=C(c2ccccc2)C=CC1N(c1ccc2c(c1)C(C)(C)c1cc(N3c4ccccc4C4C=CC=CC43C)ccc1-2)c1cccc2ccccc12. The average Bonchev–Trinajstić information content (AvgIpc) is 3.59. The standard InChI is InChI=1S/C51H44N2/c1-34-31-37(35-15-6-5-7-16-35)24-29-47(34)52(48-23-14-18-36-17-8-9-19-40(36)48)38-25-27-41-42-28-26-39(33-46(42)50(2,3)45(41)32-38)53-49-22-11-10-20-43(49)44-21-12-13-30-51(44,53)4/h5-34,44,47H,1-4H3. The molecule has 53 heavy (non-hydrogen) atoms. The van der Waals surface area contributed by atoms with Gasteiger partial charge in [0.2, 0.25) is 0 Å². The van der Waals surface area contributed by atoms with E-state index >= 15 is 0 Å². The molecule has 0 aromatic heterocycles. The minimum atomic E-state index is -0.183. The predicted molar refractivity (Wildman–Crippen MR) is 225 cm³/mol. The van der Waals surface area contributed by atoms with Crippen LogP contribution in [0.15, 0.2) is 176 Å². The molecule has 1 heterocycles. The molecule has 0 saturated carbocycles. The van der Waals surface area contributed by atoms with Crippen molar-refractivity contribution in [3.63, 3.8) is 0 Å². The van der Waals surface area contributed by atoms with Crippen molar-refractivity contribution >= 4 is 39.1 Å². The van der Waals surface area contributed by atoms with Gasteiger partial charge in [-0.2, -0.15) is 0 Å². The number of allylic oxidation sites excluding steroid dienone is 4. The van der Waals surface area contributed by atoms with Gasteiger partial charge in [0.15, 0.2) is 0 Å². The monoisotopic (exact) mass is 684 g/mol. The average molecular weight is 685 g/mol. The normalized spacial score (nSPS) is 23.0. The van der Waals surface area contributed by atoms with Gasteiger partial charge in [0.25, 0.3) is 0 Å². The fourth-order valence-corrected chi connectivity index (χ4v) is 9.84. The second kappa shape index (κ2) is 11.8. The zero-order valence-electron chi connectivity index (χ0n) is 30.9. The maximum Gasteiger partial charge on any atom is 0.0712 e. The second-order valence-corrected chi connectivity index (χ2v) is 16.0. The molecule has 0 amide bonds. The number of fused-ring (bicyclic) bond motifs is 7. The molecule has 4 unspecified atom stereocenters. The third-order valence-electron chi connectivity index (χ3n) is 12.5. The Bertz CT molecular complexity index is 2540. The lowest BCUT2D eigenvalue weighted by Gasteiger charge is -2.39. The van der Waals surface area contributed by atoms with Crippen LogP contribution in [-0.4, -0.2) is 11.6 Å². The fourth-order valence-electron chi connectivity index (χ4n) is 9.84. The molecule has 0 bridgehead atoms. The Balaban J connectivity index is 1.08. The maximum absolute atomic E-state index is 2.59. The van der Waals surface area contributed by atoms with Crippen LogP contribution in [0.1, 0.15) is 55.9 Å². The van der Waals surface area contributed by atoms with Gasteiger partial charge in [-0.15, -0.1) is 0 Å². The maximum atomic E-state index is 2.59. The van der Waals surface area contributed by atoms with Gasteiger partial charge in [0, 0.05) is 39.5 Å². The lowest BCUT2D eigenvalue weighted by atomic mass is 9.80. The van der Waals surface area contributed by atoms with E-state index in [9.17, 15) is 0 Å². The largest absolute Gasteiger partial charge is 0.333 e. The lowest BCUT2D eigenvalue weighted by molar-refractivity contribution is 0.541. The first kappa shape index (κ1) is 31.8. The summed E-state index contributed by atoms with van der Waals surface area (Å²) in [5, 5.41) is 2.53. The van der Waals surface area contributed by atoms with Crippen LogP contribution in [-0.2, 0) is 5.41 Å². The summed E-state index contributed by atoms with van der Waals surface area (Å²) in [6.45, 7) is 9.58. The van der Waals surface area contributed by atoms with Crippen molar-refractivity contribution in [2.45, 2.75) is 50.6 Å². The third-order valence-corrected chi connectivity index (χ3v) is 12.5. The number of anilines is 4. The molecule has 0 spiro atoms. The first-order valence-electron chi connectivity index (χ1n) is 19.1. The van der Waals surface area contributed by atoms with E-state index in [1.807, 2.05) is 0 Å². The Morgan fingerprint density at radius 3 is 2.25 bits per heavy atom. The molecule has 0 N–H and O–H groups in total. The van der Waals surface area contributed by atoms with Crippen molar-refractivity contribution in [1.82, 2.24) is 0 Å². The molecule has 0 fully saturated rings. The van der Waals surface area contributed by atoms with Crippen LogP contribution in [0.5, 0.6) is 0 Å². The molecule has 3 aliphatic carbocycles. The van der Waals surface area contributed by atoms with Crippen LogP contribution in [0.25, 0.3) is 27.5 Å². The number of hydrogen-bond acceptors (Lipinski definition) is 2. The molecule has 6 aromatic carbocycles. The van der Waals surface area contributed by atoms with Crippen molar-refractivity contribution in [3.05, 3.63) is 198 Å². The first-order valence-corrected chi connectivity index (χ1v) is 19.1. The molecule has 4 atom stereocenters. The van der Waals surface area contributed by atoms with E-state index in [2.05, 4.69) is 213 Å². The molecule has 2 heteroatoms. The van der Waals surface area contributed by atoms with Crippen molar-refractivity contribution in [3.8, 4) is 11.1 Å². The third kappa shape index (κ3) is 4.78. The number of nitrogens with zero attached hydrogens (tertiary/aromatic N) is 2. The van der Waals surface area contributed by atoms with E-state index in [0.717, 1.165) is 0 Å². The van der Waals surface area contributed by atoms with Crippen LogP contribution in [0.4, 0.5) is 22.7 Å². The number of benzene rings is 6. The summed E-state index contributed by atoms with van der Waals surface area (Å²) in [4.78, 5) is 5.17. The Morgan fingerprint density at radius 2 is 1.40 bits per heavy atom. The Morgan fingerprint density at radius 1 is 0.660 bits per heavy atom. The van der Waals surface area contributed by atoms with E-state index in [4.69, 9.17) is 0 Å². The second-order valence-electron chi connectivity index (χ2n) is 16.0. The van der Waals surface area contributed by atoms with E-state index < -0.39 is 0 Å². The molecular weight excluding hydrogens is 641 g/mol. The molecule has 258 valence electrons.